The van der Waals surface area contributed by atoms with E-state index >= 15 is 0 Å². The molecule has 1 N–H and O–H groups in total. The fourth-order valence-corrected chi connectivity index (χ4v) is 1.79. The van der Waals surface area contributed by atoms with Gasteiger partial charge >= 0.3 is 6.03 Å². The van der Waals surface area contributed by atoms with Crippen molar-refractivity contribution >= 4 is 6.03 Å². The minimum absolute atomic E-state index is 0.0285. The second-order valence-electron chi connectivity index (χ2n) is 4.55. The molecule has 1 unspecified atom stereocenters. The molecule has 0 saturated carbocycles. The van der Waals surface area contributed by atoms with Gasteiger partial charge in [0, 0.05) is 32.0 Å². The molecule has 0 bridgehead atoms. The quantitative estimate of drug-likeness (QED) is 0.892. The van der Waals surface area contributed by atoms with E-state index in [1.165, 1.54) is 0 Å². The molecule has 102 valence electrons. The molecule has 2 aromatic rings. The highest BCUT2D eigenvalue weighted by atomic mass is 16.3. The van der Waals surface area contributed by atoms with E-state index in [1.807, 2.05) is 29.8 Å². The van der Waals surface area contributed by atoms with E-state index in [0.29, 0.717) is 13.1 Å². The number of rotatable bonds is 5. The number of carbonyl (C=O) groups is 1. The van der Waals surface area contributed by atoms with Gasteiger partial charge in [-0.3, -0.25) is 0 Å². The maximum atomic E-state index is 12.0. The second kappa shape index (κ2) is 6.08. The van der Waals surface area contributed by atoms with Crippen molar-refractivity contribution in [2.24, 2.45) is 0 Å². The maximum Gasteiger partial charge on any atom is 0.317 e. The smallest absolute Gasteiger partial charge is 0.317 e. The van der Waals surface area contributed by atoms with E-state index in [1.54, 1.807) is 30.7 Å². The van der Waals surface area contributed by atoms with E-state index < -0.39 is 0 Å². The highest BCUT2D eigenvalue weighted by Gasteiger charge is 2.13. The number of aromatic nitrogens is 2. The van der Waals surface area contributed by atoms with Crippen molar-refractivity contribution < 1.29 is 9.21 Å². The number of imidazole rings is 1. The molecule has 0 fully saturated rings. The van der Waals surface area contributed by atoms with Crippen molar-refractivity contribution in [1.29, 1.82) is 0 Å². The normalized spacial score (nSPS) is 12.1. The van der Waals surface area contributed by atoms with Gasteiger partial charge in [0.15, 0.2) is 0 Å². The van der Waals surface area contributed by atoms with Crippen LogP contribution >= 0.6 is 0 Å². The Kier molecular flexibility index (Phi) is 4.22. The van der Waals surface area contributed by atoms with Crippen LogP contribution in [-0.2, 0) is 13.1 Å². The van der Waals surface area contributed by atoms with Crippen LogP contribution in [0.2, 0.25) is 0 Å². The third-order valence-electron chi connectivity index (χ3n) is 2.73. The van der Waals surface area contributed by atoms with E-state index in [4.69, 9.17) is 4.42 Å². The van der Waals surface area contributed by atoms with Gasteiger partial charge in [-0.05, 0) is 19.1 Å². The van der Waals surface area contributed by atoms with Crippen LogP contribution in [0.15, 0.2) is 41.5 Å². The average Bonchev–Trinajstić information content (AvgIpc) is 3.01. The molecular formula is C13H18N4O2. The number of amides is 2. The Morgan fingerprint density at radius 1 is 1.63 bits per heavy atom. The van der Waals surface area contributed by atoms with Gasteiger partial charge in [0.25, 0.3) is 0 Å². The highest BCUT2D eigenvalue weighted by Crippen LogP contribution is 2.04. The van der Waals surface area contributed by atoms with Gasteiger partial charge in [-0.25, -0.2) is 9.78 Å². The van der Waals surface area contributed by atoms with Crippen LogP contribution < -0.4 is 5.32 Å². The maximum absolute atomic E-state index is 12.0. The fraction of sp³-hybridized carbons (Fsp3) is 0.385. The summed E-state index contributed by atoms with van der Waals surface area (Å²) in [4.78, 5) is 17.5. The summed E-state index contributed by atoms with van der Waals surface area (Å²) in [6.07, 6.45) is 6.92. The van der Waals surface area contributed by atoms with Crippen molar-refractivity contribution in [3.63, 3.8) is 0 Å². The number of hydrogen-bond donors (Lipinski definition) is 1. The van der Waals surface area contributed by atoms with Crippen LogP contribution in [0.25, 0.3) is 0 Å². The number of nitrogens with zero attached hydrogens (tertiary/aromatic N) is 3. The first kappa shape index (κ1) is 13.2. The van der Waals surface area contributed by atoms with Crippen molar-refractivity contribution in [3.05, 3.63) is 42.9 Å². The topological polar surface area (TPSA) is 63.3 Å². The summed E-state index contributed by atoms with van der Waals surface area (Å²) in [5, 5.41) is 2.93. The minimum Gasteiger partial charge on any atom is -0.467 e. The molecule has 0 aromatic carbocycles. The zero-order valence-electron chi connectivity index (χ0n) is 11.1. The predicted molar refractivity (Wildman–Crippen MR) is 70.4 cm³/mol. The summed E-state index contributed by atoms with van der Waals surface area (Å²) in [5.74, 6) is 0.764. The average molecular weight is 262 g/mol. The largest absolute Gasteiger partial charge is 0.467 e. The molecule has 0 aliphatic carbocycles. The Labute approximate surface area is 112 Å². The van der Waals surface area contributed by atoms with Gasteiger partial charge in [-0.1, -0.05) is 0 Å². The molecule has 2 amide bonds. The van der Waals surface area contributed by atoms with Crippen LogP contribution in [0.5, 0.6) is 0 Å². The molecule has 2 rings (SSSR count). The Morgan fingerprint density at radius 3 is 3.11 bits per heavy atom. The lowest BCUT2D eigenvalue weighted by Crippen LogP contribution is -2.43. The lowest BCUT2D eigenvalue weighted by atomic mass is 10.3. The molecule has 0 saturated heterocycles. The molecule has 2 aromatic heterocycles. The summed E-state index contributed by atoms with van der Waals surface area (Å²) in [5.41, 5.74) is 0. The van der Waals surface area contributed by atoms with Crippen molar-refractivity contribution in [2.45, 2.75) is 26.1 Å². The van der Waals surface area contributed by atoms with Crippen LogP contribution in [-0.4, -0.2) is 33.6 Å². The summed E-state index contributed by atoms with van der Waals surface area (Å²) in [7, 11) is 1.74. The Morgan fingerprint density at radius 2 is 2.47 bits per heavy atom. The standard InChI is InChI=1S/C13H18N4O2/c1-11(8-17-6-5-14-10-17)15-13(18)16(2)9-12-4-3-7-19-12/h3-7,10-11H,8-9H2,1-2H3,(H,15,18). The lowest BCUT2D eigenvalue weighted by Gasteiger charge is -2.20. The Hall–Kier alpha value is -2.24. The molecule has 1 atom stereocenters. The van der Waals surface area contributed by atoms with Crippen LogP contribution in [0.3, 0.4) is 0 Å². The van der Waals surface area contributed by atoms with E-state index in [-0.39, 0.29) is 12.1 Å². The van der Waals surface area contributed by atoms with E-state index in [9.17, 15) is 4.79 Å². The molecule has 6 nitrogen and oxygen atoms in total. The van der Waals surface area contributed by atoms with Crippen molar-refractivity contribution in [2.75, 3.05) is 7.05 Å². The zero-order chi connectivity index (χ0) is 13.7. The molecule has 0 aliphatic heterocycles. The first-order valence-electron chi connectivity index (χ1n) is 6.15. The molecule has 0 spiro atoms. The van der Waals surface area contributed by atoms with Crippen LogP contribution in [0.1, 0.15) is 12.7 Å². The summed E-state index contributed by atoms with van der Waals surface area (Å²) < 4.78 is 7.14. The molecule has 6 heteroatoms. The van der Waals surface area contributed by atoms with Gasteiger partial charge in [-0.15, -0.1) is 0 Å². The van der Waals surface area contributed by atoms with Crippen LogP contribution in [0.4, 0.5) is 4.79 Å². The van der Waals surface area contributed by atoms with Gasteiger partial charge in [0.2, 0.25) is 0 Å². The number of nitrogens with one attached hydrogen (secondary N) is 1. The summed E-state index contributed by atoms with van der Waals surface area (Å²) >= 11 is 0. The second-order valence-corrected chi connectivity index (χ2v) is 4.55. The first-order chi connectivity index (χ1) is 9.15. The predicted octanol–water partition coefficient (Wildman–Crippen LogP) is 1.71. The van der Waals surface area contributed by atoms with Crippen LogP contribution in [0, 0.1) is 0 Å². The third-order valence-corrected chi connectivity index (χ3v) is 2.73. The molecule has 0 aliphatic rings. The monoisotopic (exact) mass is 262 g/mol. The molecule has 0 radical (unpaired) electrons. The van der Waals surface area contributed by atoms with E-state index in [0.717, 1.165) is 5.76 Å². The van der Waals surface area contributed by atoms with Crippen molar-refractivity contribution in [1.82, 2.24) is 19.8 Å². The third kappa shape index (κ3) is 3.87. The zero-order valence-corrected chi connectivity index (χ0v) is 11.1. The Bertz CT molecular complexity index is 493. The number of furan rings is 1. The SMILES string of the molecule is CC(Cn1ccnc1)NC(=O)N(C)Cc1ccco1. The first-order valence-corrected chi connectivity index (χ1v) is 6.15. The van der Waals surface area contributed by atoms with E-state index in [2.05, 4.69) is 10.3 Å². The van der Waals surface area contributed by atoms with Gasteiger partial charge in [0.05, 0.1) is 19.1 Å². The molecular weight excluding hydrogens is 244 g/mol. The minimum atomic E-state index is -0.121. The molecule has 19 heavy (non-hydrogen) atoms. The van der Waals surface area contributed by atoms with Gasteiger partial charge in [0.1, 0.15) is 5.76 Å². The molecule has 2 heterocycles. The highest BCUT2D eigenvalue weighted by molar-refractivity contribution is 5.74. The lowest BCUT2D eigenvalue weighted by molar-refractivity contribution is 0.198. The Balaban J connectivity index is 1.79. The number of hydrogen-bond acceptors (Lipinski definition) is 3. The van der Waals surface area contributed by atoms with Gasteiger partial charge < -0.3 is 19.2 Å². The van der Waals surface area contributed by atoms with Crippen molar-refractivity contribution in [3.8, 4) is 0 Å². The summed E-state index contributed by atoms with van der Waals surface area (Å²) in [6, 6.07) is 3.56. The number of carbonyl (C=O) groups excluding carboxylic acids is 1. The summed E-state index contributed by atoms with van der Waals surface area (Å²) in [6.45, 7) is 3.11. The number of urea groups is 1. The van der Waals surface area contributed by atoms with Gasteiger partial charge in [-0.2, -0.15) is 0 Å². The fourth-order valence-electron chi connectivity index (χ4n) is 1.79.